The number of ether oxygens (including phenoxy) is 2. The number of anilines is 2. The van der Waals surface area contributed by atoms with Crippen LogP contribution in [0, 0.1) is 5.92 Å². The molecule has 0 bridgehead atoms. The van der Waals surface area contributed by atoms with Gasteiger partial charge in [-0.15, -0.1) is 0 Å². The summed E-state index contributed by atoms with van der Waals surface area (Å²) >= 11 is 0. The van der Waals surface area contributed by atoms with Crippen LogP contribution in [0.25, 0.3) is 0 Å². The Labute approximate surface area is 199 Å². The van der Waals surface area contributed by atoms with E-state index >= 15 is 0 Å². The molecule has 3 aromatic rings. The zero-order valence-corrected chi connectivity index (χ0v) is 19.2. The van der Waals surface area contributed by atoms with Gasteiger partial charge in [-0.05, 0) is 60.9 Å². The van der Waals surface area contributed by atoms with Gasteiger partial charge in [0.15, 0.2) is 11.5 Å². The molecule has 176 valence electrons. The van der Waals surface area contributed by atoms with E-state index < -0.39 is 0 Å². The maximum absolute atomic E-state index is 12.8. The molecule has 3 N–H and O–H groups in total. The van der Waals surface area contributed by atoms with Gasteiger partial charge in [0.1, 0.15) is 6.61 Å². The molecule has 0 saturated carbocycles. The molecule has 4 rings (SSSR count). The molecule has 0 aromatic heterocycles. The Morgan fingerprint density at radius 2 is 1.68 bits per heavy atom. The molecular weight excluding hydrogens is 430 g/mol. The monoisotopic (exact) mass is 459 g/mol. The van der Waals surface area contributed by atoms with E-state index in [4.69, 9.17) is 15.2 Å². The summed E-state index contributed by atoms with van der Waals surface area (Å²) in [7, 11) is 1.55. The first-order valence-corrected chi connectivity index (χ1v) is 11.3. The van der Waals surface area contributed by atoms with Gasteiger partial charge in [-0.2, -0.15) is 0 Å². The number of carbonyl (C=O) groups excluding carboxylic acids is 2. The summed E-state index contributed by atoms with van der Waals surface area (Å²) in [4.78, 5) is 26.4. The summed E-state index contributed by atoms with van der Waals surface area (Å²) < 4.78 is 11.3. The van der Waals surface area contributed by atoms with Crippen LogP contribution >= 0.6 is 0 Å². The van der Waals surface area contributed by atoms with Gasteiger partial charge in [0.05, 0.1) is 7.11 Å². The summed E-state index contributed by atoms with van der Waals surface area (Å²) in [6.45, 7) is 1.99. The van der Waals surface area contributed by atoms with Crippen LogP contribution in [0.1, 0.15) is 28.8 Å². The fourth-order valence-electron chi connectivity index (χ4n) is 4.04. The Morgan fingerprint density at radius 3 is 2.32 bits per heavy atom. The van der Waals surface area contributed by atoms with Crippen molar-refractivity contribution < 1.29 is 19.1 Å². The highest BCUT2D eigenvalue weighted by Gasteiger charge is 2.23. The van der Waals surface area contributed by atoms with Crippen molar-refractivity contribution in [2.24, 2.45) is 11.7 Å². The van der Waals surface area contributed by atoms with E-state index in [1.165, 1.54) is 0 Å². The molecule has 0 atom stereocenters. The number of primary amides is 1. The second-order valence-electron chi connectivity index (χ2n) is 8.30. The average molecular weight is 460 g/mol. The lowest BCUT2D eigenvalue weighted by Gasteiger charge is -2.32. The molecule has 1 fully saturated rings. The molecular formula is C27H29N3O4. The summed E-state index contributed by atoms with van der Waals surface area (Å²) in [5, 5.41) is 2.92. The molecule has 3 aromatic carbocycles. The van der Waals surface area contributed by atoms with Crippen LogP contribution in [-0.4, -0.2) is 32.0 Å². The molecule has 1 heterocycles. The Hall–Kier alpha value is -4.00. The molecule has 1 aliphatic heterocycles. The van der Waals surface area contributed by atoms with E-state index in [9.17, 15) is 9.59 Å². The van der Waals surface area contributed by atoms with Crippen LogP contribution in [0.15, 0.2) is 72.8 Å². The number of nitrogens with two attached hydrogens (primary N) is 1. The lowest BCUT2D eigenvalue weighted by atomic mass is 9.96. The summed E-state index contributed by atoms with van der Waals surface area (Å²) in [5.74, 6) is 0.584. The third kappa shape index (κ3) is 5.67. The van der Waals surface area contributed by atoms with Crippen molar-refractivity contribution in [2.45, 2.75) is 19.4 Å². The van der Waals surface area contributed by atoms with Crippen molar-refractivity contribution in [1.29, 1.82) is 0 Å². The van der Waals surface area contributed by atoms with E-state index in [-0.39, 0.29) is 17.7 Å². The molecule has 0 spiro atoms. The first kappa shape index (κ1) is 23.2. The number of piperidine rings is 1. The molecule has 7 nitrogen and oxygen atoms in total. The standard InChI is InChI=1S/C27H29N3O4/c1-33-25-17-21(7-12-24(25)34-18-19-5-3-2-4-6-19)27(32)29-22-8-10-23(11-9-22)30-15-13-20(14-16-30)26(28)31/h2-12,17,20H,13-16,18H2,1H3,(H2,28,31)(H,29,32). The topological polar surface area (TPSA) is 93.9 Å². The molecule has 7 heteroatoms. The van der Waals surface area contributed by atoms with Gasteiger partial charge >= 0.3 is 0 Å². The SMILES string of the molecule is COc1cc(C(=O)Nc2ccc(N3CCC(C(N)=O)CC3)cc2)ccc1OCc1ccccc1. The zero-order chi connectivity index (χ0) is 23.9. The van der Waals surface area contributed by atoms with Crippen molar-refractivity contribution in [3.8, 4) is 11.5 Å². The molecule has 34 heavy (non-hydrogen) atoms. The Balaban J connectivity index is 1.36. The van der Waals surface area contributed by atoms with Crippen molar-refractivity contribution >= 4 is 23.2 Å². The predicted octanol–water partition coefficient (Wildman–Crippen LogP) is 4.23. The summed E-state index contributed by atoms with van der Waals surface area (Å²) in [6.07, 6.45) is 1.53. The van der Waals surface area contributed by atoms with Crippen LogP contribution < -0.4 is 25.4 Å². The smallest absolute Gasteiger partial charge is 0.255 e. The number of hydrogen-bond acceptors (Lipinski definition) is 5. The van der Waals surface area contributed by atoms with Crippen LogP contribution in [-0.2, 0) is 11.4 Å². The number of methoxy groups -OCH3 is 1. The van der Waals surface area contributed by atoms with Gasteiger partial charge in [-0.3, -0.25) is 9.59 Å². The second-order valence-corrected chi connectivity index (χ2v) is 8.30. The molecule has 2 amide bonds. The highest BCUT2D eigenvalue weighted by Crippen LogP contribution is 2.30. The van der Waals surface area contributed by atoms with E-state index in [0.29, 0.717) is 29.4 Å². The van der Waals surface area contributed by atoms with Crippen molar-refractivity contribution in [3.05, 3.63) is 83.9 Å². The van der Waals surface area contributed by atoms with Gasteiger partial charge in [0.2, 0.25) is 5.91 Å². The number of nitrogens with zero attached hydrogens (tertiary/aromatic N) is 1. The van der Waals surface area contributed by atoms with E-state index in [2.05, 4.69) is 10.2 Å². The summed E-state index contributed by atoms with van der Waals surface area (Å²) in [5.41, 5.74) is 8.70. The zero-order valence-electron chi connectivity index (χ0n) is 19.2. The van der Waals surface area contributed by atoms with Crippen molar-refractivity contribution in [3.63, 3.8) is 0 Å². The number of rotatable bonds is 8. The lowest BCUT2D eigenvalue weighted by Crippen LogP contribution is -2.38. The van der Waals surface area contributed by atoms with Crippen molar-refractivity contribution in [1.82, 2.24) is 0 Å². The predicted molar refractivity (Wildman–Crippen MR) is 132 cm³/mol. The third-order valence-corrected chi connectivity index (χ3v) is 6.05. The highest BCUT2D eigenvalue weighted by atomic mass is 16.5. The van der Waals surface area contributed by atoms with Crippen LogP contribution in [0.3, 0.4) is 0 Å². The molecule has 0 unspecified atom stereocenters. The third-order valence-electron chi connectivity index (χ3n) is 6.05. The maximum Gasteiger partial charge on any atom is 0.255 e. The Morgan fingerprint density at radius 1 is 0.971 bits per heavy atom. The lowest BCUT2D eigenvalue weighted by molar-refractivity contribution is -0.122. The molecule has 1 aliphatic rings. The molecule has 0 aliphatic carbocycles. The maximum atomic E-state index is 12.8. The first-order chi connectivity index (χ1) is 16.5. The fraction of sp³-hybridized carbons (Fsp3) is 0.259. The van der Waals surface area contributed by atoms with E-state index in [1.54, 1.807) is 25.3 Å². The Kier molecular flexibility index (Phi) is 7.32. The quantitative estimate of drug-likeness (QED) is 0.526. The second kappa shape index (κ2) is 10.7. The minimum absolute atomic E-state index is 0.0399. The van der Waals surface area contributed by atoms with Crippen molar-refractivity contribution in [2.75, 3.05) is 30.4 Å². The van der Waals surface area contributed by atoms with Crippen LogP contribution in [0.5, 0.6) is 11.5 Å². The Bertz CT molecular complexity index is 1120. The number of nitrogens with one attached hydrogen (secondary N) is 1. The van der Waals surface area contributed by atoms with E-state index in [1.807, 2.05) is 54.6 Å². The normalized spacial score (nSPS) is 13.9. The van der Waals surface area contributed by atoms with Crippen LogP contribution in [0.2, 0.25) is 0 Å². The number of carbonyl (C=O) groups is 2. The highest BCUT2D eigenvalue weighted by molar-refractivity contribution is 6.04. The summed E-state index contributed by atoms with van der Waals surface area (Å²) in [6, 6.07) is 22.7. The van der Waals surface area contributed by atoms with Gasteiger partial charge in [-0.1, -0.05) is 30.3 Å². The average Bonchev–Trinajstić information content (AvgIpc) is 2.88. The van der Waals surface area contributed by atoms with E-state index in [0.717, 1.165) is 37.2 Å². The van der Waals surface area contributed by atoms with Gasteiger partial charge in [-0.25, -0.2) is 0 Å². The number of amides is 2. The number of hydrogen-bond donors (Lipinski definition) is 2. The van der Waals surface area contributed by atoms with Gasteiger partial charge < -0.3 is 25.4 Å². The minimum Gasteiger partial charge on any atom is -0.493 e. The van der Waals surface area contributed by atoms with Crippen LogP contribution in [0.4, 0.5) is 11.4 Å². The molecule has 0 radical (unpaired) electrons. The first-order valence-electron chi connectivity index (χ1n) is 11.3. The number of benzene rings is 3. The van der Waals surface area contributed by atoms with Gasteiger partial charge in [0, 0.05) is 35.9 Å². The van der Waals surface area contributed by atoms with Gasteiger partial charge in [0.25, 0.3) is 5.91 Å². The minimum atomic E-state index is -0.233. The largest absolute Gasteiger partial charge is 0.493 e. The fourth-order valence-corrected chi connectivity index (χ4v) is 4.04. The molecule has 1 saturated heterocycles.